The summed E-state index contributed by atoms with van der Waals surface area (Å²) in [5.74, 6) is -0.603. The molecule has 0 spiro atoms. The third-order valence-corrected chi connectivity index (χ3v) is 3.55. The van der Waals surface area contributed by atoms with E-state index in [1.54, 1.807) is 11.8 Å². The Morgan fingerprint density at radius 3 is 3.07 bits per heavy atom. The maximum absolute atomic E-state index is 10.7. The molecule has 15 heavy (non-hydrogen) atoms. The van der Waals surface area contributed by atoms with E-state index in [4.69, 9.17) is 9.84 Å². The van der Waals surface area contributed by atoms with Crippen LogP contribution in [0.25, 0.3) is 0 Å². The maximum atomic E-state index is 10.7. The minimum absolute atomic E-state index is 0.356. The molecule has 0 aromatic rings. The van der Waals surface area contributed by atoms with Crippen LogP contribution in [-0.2, 0) is 14.3 Å². The van der Waals surface area contributed by atoms with Crippen LogP contribution in [-0.4, -0.2) is 47.7 Å². The molecule has 1 aliphatic rings. The largest absolute Gasteiger partial charge is 0.480 e. The number of carbonyl (C=O) groups excluding carboxylic acids is 1. The predicted molar refractivity (Wildman–Crippen MR) is 56.9 cm³/mol. The molecule has 1 aliphatic heterocycles. The van der Waals surface area contributed by atoms with Gasteiger partial charge < -0.3 is 15.2 Å². The van der Waals surface area contributed by atoms with Crippen molar-refractivity contribution < 1.29 is 19.4 Å². The molecule has 0 bridgehead atoms. The van der Waals surface area contributed by atoms with E-state index in [-0.39, 0.29) is 0 Å². The van der Waals surface area contributed by atoms with Gasteiger partial charge in [0, 0.05) is 17.6 Å². The number of thioether (sulfide) groups is 1. The first kappa shape index (κ1) is 12.3. The average molecular weight is 233 g/mol. The summed E-state index contributed by atoms with van der Waals surface area (Å²) in [6.07, 6.45) is 2.51. The van der Waals surface area contributed by atoms with Gasteiger partial charge in [-0.25, -0.2) is 4.79 Å². The number of carboxylic acid groups (broad SMARTS) is 1. The molecule has 0 radical (unpaired) electrons. The summed E-state index contributed by atoms with van der Waals surface area (Å²) >= 11 is 1.55. The van der Waals surface area contributed by atoms with Crippen LogP contribution in [0.3, 0.4) is 0 Å². The van der Waals surface area contributed by atoms with Gasteiger partial charge in [0.2, 0.25) is 6.41 Å². The molecule has 1 saturated heterocycles. The molecule has 2 atom stereocenters. The van der Waals surface area contributed by atoms with Gasteiger partial charge in [-0.1, -0.05) is 0 Å². The summed E-state index contributed by atoms with van der Waals surface area (Å²) in [4.78, 5) is 20.9. The second-order valence-corrected chi connectivity index (χ2v) is 4.68. The summed E-state index contributed by atoms with van der Waals surface area (Å²) in [7, 11) is 0. The van der Waals surface area contributed by atoms with Crippen molar-refractivity contribution >= 4 is 24.1 Å². The normalized spacial score (nSPS) is 23.1. The molecular weight excluding hydrogens is 218 g/mol. The number of ether oxygens (including phenoxy) is 1. The van der Waals surface area contributed by atoms with Crippen LogP contribution in [0, 0.1) is 0 Å². The van der Waals surface area contributed by atoms with Crippen LogP contribution >= 0.6 is 11.8 Å². The SMILES string of the molecule is O=CNC(CSC1CCCOC1)C(=O)O. The van der Waals surface area contributed by atoms with Crippen molar-refractivity contribution in [2.75, 3.05) is 19.0 Å². The summed E-state index contributed by atoms with van der Waals surface area (Å²) in [6, 6.07) is -0.797. The van der Waals surface area contributed by atoms with Gasteiger partial charge in [-0.2, -0.15) is 11.8 Å². The number of hydrogen-bond acceptors (Lipinski definition) is 4. The Balaban J connectivity index is 2.25. The Morgan fingerprint density at radius 1 is 1.73 bits per heavy atom. The van der Waals surface area contributed by atoms with Crippen molar-refractivity contribution in [3.8, 4) is 0 Å². The molecule has 0 aromatic heterocycles. The quantitative estimate of drug-likeness (QED) is 0.636. The molecule has 1 rings (SSSR count). The first-order valence-corrected chi connectivity index (χ1v) is 5.90. The third-order valence-electron chi connectivity index (χ3n) is 2.18. The Bertz CT molecular complexity index is 218. The Labute approximate surface area is 92.6 Å². The molecule has 1 amide bonds. The van der Waals surface area contributed by atoms with E-state index in [0.717, 1.165) is 19.4 Å². The number of nitrogens with one attached hydrogen (secondary N) is 1. The standard InChI is InChI=1S/C9H15NO4S/c11-6-10-8(9(12)13)5-15-7-2-1-3-14-4-7/h6-8H,1-5H2,(H,10,11)(H,12,13). The maximum Gasteiger partial charge on any atom is 0.327 e. The lowest BCUT2D eigenvalue weighted by atomic mass is 10.2. The van der Waals surface area contributed by atoms with Crippen molar-refractivity contribution in [2.45, 2.75) is 24.1 Å². The van der Waals surface area contributed by atoms with E-state index in [1.807, 2.05) is 0 Å². The monoisotopic (exact) mass is 233 g/mol. The van der Waals surface area contributed by atoms with E-state index in [2.05, 4.69) is 5.32 Å². The van der Waals surface area contributed by atoms with Crippen molar-refractivity contribution in [2.24, 2.45) is 0 Å². The molecule has 2 unspecified atom stereocenters. The summed E-state index contributed by atoms with van der Waals surface area (Å²) in [5, 5.41) is 11.4. The summed E-state index contributed by atoms with van der Waals surface area (Å²) < 4.78 is 5.28. The van der Waals surface area contributed by atoms with Crippen molar-refractivity contribution in [3.05, 3.63) is 0 Å². The van der Waals surface area contributed by atoms with Gasteiger partial charge in [-0.05, 0) is 12.8 Å². The second kappa shape index (κ2) is 6.68. The number of aliphatic carboxylic acids is 1. The van der Waals surface area contributed by atoms with E-state index < -0.39 is 12.0 Å². The second-order valence-electron chi connectivity index (χ2n) is 3.35. The zero-order chi connectivity index (χ0) is 11.1. The van der Waals surface area contributed by atoms with Crippen molar-refractivity contribution in [3.63, 3.8) is 0 Å². The Morgan fingerprint density at radius 2 is 2.53 bits per heavy atom. The fraction of sp³-hybridized carbons (Fsp3) is 0.778. The fourth-order valence-electron chi connectivity index (χ4n) is 1.35. The van der Waals surface area contributed by atoms with Crippen LogP contribution in [0.1, 0.15) is 12.8 Å². The Hall–Kier alpha value is -0.750. The number of hydrogen-bond donors (Lipinski definition) is 2. The first-order chi connectivity index (χ1) is 7.24. The van der Waals surface area contributed by atoms with Crippen LogP contribution in [0.4, 0.5) is 0 Å². The number of carbonyl (C=O) groups is 2. The van der Waals surface area contributed by atoms with Crippen molar-refractivity contribution in [1.29, 1.82) is 0 Å². The van der Waals surface area contributed by atoms with Crippen LogP contribution in [0.5, 0.6) is 0 Å². The summed E-state index contributed by atoms with van der Waals surface area (Å²) in [6.45, 7) is 1.48. The van der Waals surface area contributed by atoms with E-state index in [1.165, 1.54) is 0 Å². The van der Waals surface area contributed by atoms with Crippen LogP contribution in [0.2, 0.25) is 0 Å². The fourth-order valence-corrected chi connectivity index (χ4v) is 2.58. The van der Waals surface area contributed by atoms with Crippen molar-refractivity contribution in [1.82, 2.24) is 5.32 Å². The number of carboxylic acids is 1. The highest BCUT2D eigenvalue weighted by molar-refractivity contribution is 8.00. The van der Waals surface area contributed by atoms with E-state index in [9.17, 15) is 9.59 Å². The molecular formula is C9H15NO4S. The molecule has 5 nitrogen and oxygen atoms in total. The topological polar surface area (TPSA) is 75.6 Å². The highest BCUT2D eigenvalue weighted by Crippen LogP contribution is 2.21. The highest BCUT2D eigenvalue weighted by atomic mass is 32.2. The zero-order valence-corrected chi connectivity index (χ0v) is 9.16. The van der Waals surface area contributed by atoms with Gasteiger partial charge >= 0.3 is 5.97 Å². The first-order valence-electron chi connectivity index (χ1n) is 4.86. The summed E-state index contributed by atoms with van der Waals surface area (Å²) in [5.41, 5.74) is 0. The zero-order valence-electron chi connectivity index (χ0n) is 8.35. The molecule has 2 N–H and O–H groups in total. The molecule has 0 aliphatic carbocycles. The lowest BCUT2D eigenvalue weighted by Gasteiger charge is -2.22. The predicted octanol–water partition coefficient (Wildman–Crippen LogP) is 0.0978. The number of amides is 1. The smallest absolute Gasteiger partial charge is 0.327 e. The molecule has 86 valence electrons. The molecule has 0 saturated carbocycles. The Kier molecular flexibility index (Phi) is 5.49. The van der Waals surface area contributed by atoms with Crippen LogP contribution < -0.4 is 5.32 Å². The molecule has 1 heterocycles. The van der Waals surface area contributed by atoms with Gasteiger partial charge in [0.05, 0.1) is 6.61 Å². The minimum atomic E-state index is -0.994. The van der Waals surface area contributed by atoms with Gasteiger partial charge in [0.15, 0.2) is 0 Å². The van der Waals surface area contributed by atoms with Crippen LogP contribution in [0.15, 0.2) is 0 Å². The van der Waals surface area contributed by atoms with Gasteiger partial charge in [0.1, 0.15) is 6.04 Å². The minimum Gasteiger partial charge on any atom is -0.480 e. The van der Waals surface area contributed by atoms with E-state index >= 15 is 0 Å². The molecule has 6 heteroatoms. The lowest BCUT2D eigenvalue weighted by molar-refractivity contribution is -0.139. The number of rotatable bonds is 6. The lowest BCUT2D eigenvalue weighted by Crippen LogP contribution is -2.38. The van der Waals surface area contributed by atoms with Gasteiger partial charge in [-0.3, -0.25) is 4.79 Å². The average Bonchev–Trinajstić information content (AvgIpc) is 2.25. The third kappa shape index (κ3) is 4.53. The molecule has 0 aromatic carbocycles. The highest BCUT2D eigenvalue weighted by Gasteiger charge is 2.20. The molecule has 1 fully saturated rings. The van der Waals surface area contributed by atoms with Gasteiger partial charge in [-0.15, -0.1) is 0 Å². The van der Waals surface area contributed by atoms with Gasteiger partial charge in [0.25, 0.3) is 0 Å². The van der Waals surface area contributed by atoms with E-state index in [0.29, 0.717) is 24.0 Å².